The van der Waals surface area contributed by atoms with Gasteiger partial charge in [0, 0.05) is 37.5 Å². The van der Waals surface area contributed by atoms with Crippen molar-refractivity contribution in [1.82, 2.24) is 20.1 Å². The minimum Gasteiger partial charge on any atom is -0.396 e. The first-order valence-electron chi connectivity index (χ1n) is 10.5. The third-order valence-electron chi connectivity index (χ3n) is 6.39. The molecule has 31 heavy (non-hydrogen) atoms. The summed E-state index contributed by atoms with van der Waals surface area (Å²) in [5, 5.41) is 20.2. The standard InChI is InChI=1S/C22H30BrN5O3/c1-14-8-17(16(13-29)9-22(14,2)3)27-18-11-26-28(21(31)20(18)23)12-19(30)25-10-15-4-6-24-7-5-15/h4-7,11,14,16-17,27,29H,8-10,12-13H2,1-3H3,(H,25,30)/t14-,16-,17+/m0/s1. The average Bonchev–Trinajstić information content (AvgIpc) is 2.75. The Morgan fingerprint density at radius 3 is 2.74 bits per heavy atom. The number of anilines is 1. The number of halogens is 1. The molecule has 0 aliphatic heterocycles. The van der Waals surface area contributed by atoms with Crippen molar-refractivity contribution in [3.63, 3.8) is 0 Å². The van der Waals surface area contributed by atoms with Crippen LogP contribution < -0.4 is 16.2 Å². The second kappa shape index (κ2) is 9.91. The number of pyridine rings is 1. The summed E-state index contributed by atoms with van der Waals surface area (Å²) in [6.45, 7) is 6.96. The number of aliphatic hydroxyl groups is 1. The number of carbonyl (C=O) groups is 1. The van der Waals surface area contributed by atoms with Gasteiger partial charge in [-0.3, -0.25) is 14.6 Å². The molecule has 0 radical (unpaired) electrons. The molecule has 2 aromatic rings. The van der Waals surface area contributed by atoms with Gasteiger partial charge in [0.2, 0.25) is 5.91 Å². The molecule has 0 unspecified atom stereocenters. The molecule has 8 nitrogen and oxygen atoms in total. The first-order chi connectivity index (χ1) is 14.7. The van der Waals surface area contributed by atoms with Crippen molar-refractivity contribution in [3.05, 3.63) is 51.1 Å². The molecule has 0 spiro atoms. The lowest BCUT2D eigenvalue weighted by molar-refractivity contribution is -0.122. The number of rotatable bonds is 7. The Morgan fingerprint density at radius 2 is 2.06 bits per heavy atom. The molecule has 2 aromatic heterocycles. The van der Waals surface area contributed by atoms with E-state index in [4.69, 9.17) is 0 Å². The van der Waals surface area contributed by atoms with Gasteiger partial charge in [0.1, 0.15) is 11.0 Å². The van der Waals surface area contributed by atoms with E-state index in [1.807, 2.05) is 12.1 Å². The van der Waals surface area contributed by atoms with Crippen LogP contribution >= 0.6 is 15.9 Å². The predicted octanol–water partition coefficient (Wildman–Crippen LogP) is 2.56. The number of nitrogens with zero attached hydrogens (tertiary/aromatic N) is 3. The van der Waals surface area contributed by atoms with Gasteiger partial charge in [0.05, 0.1) is 11.9 Å². The molecule has 3 atom stereocenters. The zero-order valence-corrected chi connectivity index (χ0v) is 19.7. The third-order valence-corrected chi connectivity index (χ3v) is 7.16. The van der Waals surface area contributed by atoms with E-state index in [2.05, 4.69) is 57.4 Å². The van der Waals surface area contributed by atoms with Gasteiger partial charge in [0.25, 0.3) is 5.56 Å². The average molecular weight is 492 g/mol. The zero-order valence-electron chi connectivity index (χ0n) is 18.1. The molecule has 1 amide bonds. The molecule has 168 valence electrons. The minimum absolute atomic E-state index is 0.0463. The Bertz CT molecular complexity index is 963. The summed E-state index contributed by atoms with van der Waals surface area (Å²) in [5.74, 6) is 0.270. The molecule has 1 aliphatic carbocycles. The van der Waals surface area contributed by atoms with E-state index in [1.165, 1.54) is 0 Å². The molecule has 9 heteroatoms. The highest BCUT2D eigenvalue weighted by atomic mass is 79.9. The Hall–Kier alpha value is -2.26. The summed E-state index contributed by atoms with van der Waals surface area (Å²) in [6.07, 6.45) is 6.67. The smallest absolute Gasteiger partial charge is 0.283 e. The molecule has 3 rings (SSSR count). The maximum Gasteiger partial charge on any atom is 0.283 e. The minimum atomic E-state index is -0.381. The third kappa shape index (κ3) is 5.71. The van der Waals surface area contributed by atoms with Gasteiger partial charge in [-0.1, -0.05) is 20.8 Å². The van der Waals surface area contributed by atoms with Crippen molar-refractivity contribution in [2.24, 2.45) is 17.3 Å². The van der Waals surface area contributed by atoms with E-state index in [0.717, 1.165) is 23.1 Å². The number of aromatic nitrogens is 3. The van der Waals surface area contributed by atoms with Crippen LogP contribution in [0.5, 0.6) is 0 Å². The Labute approximate surface area is 190 Å². The normalized spacial score (nSPS) is 22.7. The molecule has 1 fully saturated rings. The highest BCUT2D eigenvalue weighted by molar-refractivity contribution is 9.10. The van der Waals surface area contributed by atoms with Gasteiger partial charge in [-0.15, -0.1) is 0 Å². The van der Waals surface area contributed by atoms with Crippen molar-refractivity contribution in [1.29, 1.82) is 0 Å². The molecule has 0 bridgehead atoms. The molecule has 3 N–H and O–H groups in total. The quantitative estimate of drug-likeness (QED) is 0.548. The van der Waals surface area contributed by atoms with Crippen LogP contribution in [-0.2, 0) is 17.9 Å². The van der Waals surface area contributed by atoms with Crippen molar-refractivity contribution < 1.29 is 9.90 Å². The van der Waals surface area contributed by atoms with Crippen LogP contribution in [-0.4, -0.2) is 38.4 Å². The van der Waals surface area contributed by atoms with Crippen LogP contribution in [0.2, 0.25) is 0 Å². The number of hydrogen-bond acceptors (Lipinski definition) is 6. The molecular formula is C22H30BrN5O3. The van der Waals surface area contributed by atoms with Crippen LogP contribution in [0.3, 0.4) is 0 Å². The lowest BCUT2D eigenvalue weighted by Gasteiger charge is -2.45. The zero-order chi connectivity index (χ0) is 22.6. The number of hydrogen-bond donors (Lipinski definition) is 3. The van der Waals surface area contributed by atoms with Crippen LogP contribution in [0.4, 0.5) is 5.69 Å². The van der Waals surface area contributed by atoms with Crippen molar-refractivity contribution in [3.8, 4) is 0 Å². The number of amides is 1. The number of aliphatic hydroxyl groups excluding tert-OH is 1. The second-order valence-electron chi connectivity index (χ2n) is 8.99. The number of nitrogens with one attached hydrogen (secondary N) is 2. The van der Waals surface area contributed by atoms with Crippen LogP contribution in [0, 0.1) is 17.3 Å². The van der Waals surface area contributed by atoms with Crippen molar-refractivity contribution in [2.45, 2.75) is 52.7 Å². The van der Waals surface area contributed by atoms with E-state index in [1.54, 1.807) is 18.6 Å². The Kier molecular flexibility index (Phi) is 7.48. The summed E-state index contributed by atoms with van der Waals surface area (Å²) in [6, 6.07) is 3.67. The highest BCUT2D eigenvalue weighted by Gasteiger charge is 2.39. The van der Waals surface area contributed by atoms with Gasteiger partial charge in [-0.2, -0.15) is 5.10 Å². The molecule has 0 aromatic carbocycles. The largest absolute Gasteiger partial charge is 0.396 e. The predicted molar refractivity (Wildman–Crippen MR) is 122 cm³/mol. The maximum absolute atomic E-state index is 12.7. The fourth-order valence-corrected chi connectivity index (χ4v) is 4.47. The number of carbonyl (C=O) groups excluding carboxylic acids is 1. The van der Waals surface area contributed by atoms with Gasteiger partial charge in [-0.25, -0.2) is 4.68 Å². The summed E-state index contributed by atoms with van der Waals surface area (Å²) >= 11 is 3.37. The van der Waals surface area contributed by atoms with E-state index in [9.17, 15) is 14.7 Å². The highest BCUT2D eigenvalue weighted by Crippen LogP contribution is 2.44. The lowest BCUT2D eigenvalue weighted by Crippen LogP contribution is -2.44. The van der Waals surface area contributed by atoms with Gasteiger partial charge >= 0.3 is 0 Å². The second-order valence-corrected chi connectivity index (χ2v) is 9.78. The van der Waals surface area contributed by atoms with Crippen molar-refractivity contribution >= 4 is 27.5 Å². The topological polar surface area (TPSA) is 109 Å². The summed E-state index contributed by atoms with van der Waals surface area (Å²) in [4.78, 5) is 28.9. The fourth-order valence-electron chi connectivity index (χ4n) is 4.05. The van der Waals surface area contributed by atoms with Crippen LogP contribution in [0.15, 0.2) is 40.0 Å². The van der Waals surface area contributed by atoms with Crippen LogP contribution in [0.25, 0.3) is 0 Å². The molecule has 1 saturated carbocycles. The Balaban J connectivity index is 1.66. The molecule has 0 saturated heterocycles. The fraction of sp³-hybridized carbons (Fsp3) is 0.545. The van der Waals surface area contributed by atoms with E-state index in [-0.39, 0.29) is 42.0 Å². The van der Waals surface area contributed by atoms with Crippen LogP contribution in [0.1, 0.15) is 39.2 Å². The summed E-state index contributed by atoms with van der Waals surface area (Å²) in [5.41, 5.74) is 1.28. The van der Waals surface area contributed by atoms with Gasteiger partial charge in [-0.05, 0) is 57.8 Å². The van der Waals surface area contributed by atoms with Gasteiger partial charge < -0.3 is 15.7 Å². The first kappa shape index (κ1) is 23.4. The first-order valence-corrected chi connectivity index (χ1v) is 11.3. The van der Waals surface area contributed by atoms with Gasteiger partial charge in [0.15, 0.2) is 0 Å². The summed E-state index contributed by atoms with van der Waals surface area (Å²) in [7, 11) is 0. The van der Waals surface area contributed by atoms with E-state index < -0.39 is 0 Å². The maximum atomic E-state index is 12.7. The molecule has 2 heterocycles. The van der Waals surface area contributed by atoms with E-state index in [0.29, 0.717) is 22.6 Å². The summed E-state index contributed by atoms with van der Waals surface area (Å²) < 4.78 is 1.46. The monoisotopic (exact) mass is 491 g/mol. The molecule has 1 aliphatic rings. The van der Waals surface area contributed by atoms with Crippen molar-refractivity contribution in [2.75, 3.05) is 11.9 Å². The Morgan fingerprint density at radius 1 is 1.35 bits per heavy atom. The SMILES string of the molecule is C[C@H]1C[C@@H](Nc2cnn(CC(=O)NCc3ccncc3)c(=O)c2Br)[C@H](CO)CC1(C)C. The molecular weight excluding hydrogens is 462 g/mol. The lowest BCUT2D eigenvalue weighted by atomic mass is 9.64. The van der Waals surface area contributed by atoms with E-state index >= 15 is 0 Å².